The normalized spacial score (nSPS) is 10.3. The molecular formula is C13H18N2O6. The van der Waals surface area contributed by atoms with Crippen LogP contribution in [0, 0.1) is 16.0 Å². The third-order valence-electron chi connectivity index (χ3n) is 2.52. The van der Waals surface area contributed by atoms with Gasteiger partial charge < -0.3 is 9.47 Å². The van der Waals surface area contributed by atoms with Crippen LogP contribution in [0.25, 0.3) is 0 Å². The Balaban J connectivity index is 3.08. The highest BCUT2D eigenvalue weighted by Gasteiger charge is 2.24. The lowest BCUT2D eigenvalue weighted by atomic mass is 10.1. The number of methoxy groups -OCH3 is 2. The minimum atomic E-state index is -0.719. The number of nitro benzene ring substituents is 1. The van der Waals surface area contributed by atoms with Crippen molar-refractivity contribution in [2.45, 2.75) is 13.8 Å². The van der Waals surface area contributed by atoms with Crippen molar-refractivity contribution in [2.24, 2.45) is 5.92 Å². The van der Waals surface area contributed by atoms with Crippen LogP contribution in [0.5, 0.6) is 11.5 Å². The predicted octanol–water partition coefficient (Wildman–Crippen LogP) is 1.93. The second-order valence-electron chi connectivity index (χ2n) is 4.62. The molecule has 1 aromatic carbocycles. The second kappa shape index (κ2) is 7.44. The maximum atomic E-state index is 12.0. The minimum absolute atomic E-state index is 0.165. The molecule has 0 atom stereocenters. The summed E-state index contributed by atoms with van der Waals surface area (Å²) in [4.78, 5) is 27.4. The number of ether oxygens (including phenoxy) is 2. The van der Waals surface area contributed by atoms with Crippen LogP contribution in [0.1, 0.15) is 24.2 Å². The molecule has 0 aliphatic rings. The first kappa shape index (κ1) is 16.7. The summed E-state index contributed by atoms with van der Waals surface area (Å²) in [5.41, 5.74) is 1.62. The molecule has 0 spiro atoms. The third-order valence-corrected chi connectivity index (χ3v) is 2.52. The van der Waals surface area contributed by atoms with Crippen LogP contribution in [-0.4, -0.2) is 31.7 Å². The molecule has 0 bridgehead atoms. The molecule has 0 saturated carbocycles. The summed E-state index contributed by atoms with van der Waals surface area (Å²) in [6.07, 6.45) is 0. The lowest BCUT2D eigenvalue weighted by molar-refractivity contribution is -0.385. The van der Waals surface area contributed by atoms with E-state index in [0.29, 0.717) is 6.61 Å². The molecule has 0 radical (unpaired) electrons. The van der Waals surface area contributed by atoms with Crippen molar-refractivity contribution >= 4 is 11.6 Å². The van der Waals surface area contributed by atoms with Crippen LogP contribution in [0.4, 0.5) is 5.69 Å². The maximum absolute atomic E-state index is 12.0. The molecule has 0 aliphatic heterocycles. The van der Waals surface area contributed by atoms with Gasteiger partial charge in [-0.1, -0.05) is 13.8 Å². The van der Waals surface area contributed by atoms with Crippen molar-refractivity contribution in [1.29, 1.82) is 0 Å². The van der Waals surface area contributed by atoms with Crippen molar-refractivity contribution in [3.8, 4) is 11.5 Å². The number of hydrogen-bond acceptors (Lipinski definition) is 6. The maximum Gasteiger partial charge on any atom is 0.286 e. The molecule has 1 aromatic rings. The van der Waals surface area contributed by atoms with Crippen LogP contribution >= 0.6 is 0 Å². The molecule has 0 aromatic heterocycles. The number of rotatable bonds is 7. The Morgan fingerprint density at radius 1 is 1.29 bits per heavy atom. The lowest BCUT2D eigenvalue weighted by Crippen LogP contribution is -2.26. The quantitative estimate of drug-likeness (QED) is 0.610. The summed E-state index contributed by atoms with van der Waals surface area (Å²) < 4.78 is 10.0. The monoisotopic (exact) mass is 298 g/mol. The smallest absolute Gasteiger partial charge is 0.286 e. The summed E-state index contributed by atoms with van der Waals surface area (Å²) in [5.74, 6) is -0.116. The first-order chi connectivity index (χ1) is 9.90. The number of hydroxylamine groups is 1. The van der Waals surface area contributed by atoms with Gasteiger partial charge in [0.15, 0.2) is 11.5 Å². The summed E-state index contributed by atoms with van der Waals surface area (Å²) in [6.45, 7) is 4.11. The number of nitrogens with one attached hydrogen (secondary N) is 1. The SMILES string of the molecule is COc1cc(C(=O)NOCC(C)C)c([N+](=O)[O-])cc1OC. The Kier molecular flexibility index (Phi) is 5.92. The molecule has 1 amide bonds. The van der Waals surface area contributed by atoms with Gasteiger partial charge in [-0.3, -0.25) is 19.7 Å². The van der Waals surface area contributed by atoms with Gasteiger partial charge in [0.05, 0.1) is 31.8 Å². The molecule has 1 N–H and O–H groups in total. The molecule has 116 valence electrons. The first-order valence-corrected chi connectivity index (χ1v) is 6.23. The summed E-state index contributed by atoms with van der Waals surface area (Å²) in [7, 11) is 2.73. The van der Waals surface area contributed by atoms with E-state index in [2.05, 4.69) is 5.48 Å². The molecule has 8 heteroatoms. The Morgan fingerprint density at radius 3 is 2.33 bits per heavy atom. The number of carbonyl (C=O) groups is 1. The van der Waals surface area contributed by atoms with Gasteiger partial charge in [-0.05, 0) is 5.92 Å². The average Bonchev–Trinajstić information content (AvgIpc) is 2.44. The fourth-order valence-electron chi connectivity index (χ4n) is 1.53. The van der Waals surface area contributed by atoms with Crippen LogP contribution in [0.2, 0.25) is 0 Å². The van der Waals surface area contributed by atoms with Crippen LogP contribution in [0.3, 0.4) is 0 Å². The Labute approximate surface area is 122 Å². The van der Waals surface area contributed by atoms with Crippen molar-refractivity contribution in [3.05, 3.63) is 27.8 Å². The largest absolute Gasteiger partial charge is 0.493 e. The van der Waals surface area contributed by atoms with Gasteiger partial charge in [0.1, 0.15) is 5.56 Å². The molecule has 21 heavy (non-hydrogen) atoms. The molecule has 0 unspecified atom stereocenters. The van der Waals surface area contributed by atoms with E-state index < -0.39 is 16.5 Å². The number of carbonyl (C=O) groups excluding carboxylic acids is 1. The van der Waals surface area contributed by atoms with E-state index in [0.717, 1.165) is 6.07 Å². The van der Waals surface area contributed by atoms with Crippen LogP contribution in [0.15, 0.2) is 12.1 Å². The van der Waals surface area contributed by atoms with Crippen molar-refractivity contribution in [3.63, 3.8) is 0 Å². The van der Waals surface area contributed by atoms with Gasteiger partial charge in [0.25, 0.3) is 11.6 Å². The average molecular weight is 298 g/mol. The highest BCUT2D eigenvalue weighted by atomic mass is 16.7. The predicted molar refractivity (Wildman–Crippen MR) is 74.5 cm³/mol. The van der Waals surface area contributed by atoms with E-state index in [-0.39, 0.29) is 23.0 Å². The summed E-state index contributed by atoms with van der Waals surface area (Å²) in [6, 6.07) is 2.38. The topological polar surface area (TPSA) is 99.9 Å². The Hall–Kier alpha value is -2.35. The van der Waals surface area contributed by atoms with E-state index in [1.807, 2.05) is 13.8 Å². The summed E-state index contributed by atoms with van der Waals surface area (Å²) >= 11 is 0. The van der Waals surface area contributed by atoms with Gasteiger partial charge >= 0.3 is 0 Å². The van der Waals surface area contributed by atoms with E-state index in [1.165, 1.54) is 20.3 Å². The molecule has 0 aliphatic carbocycles. The van der Waals surface area contributed by atoms with Crippen molar-refractivity contribution < 1.29 is 24.0 Å². The van der Waals surface area contributed by atoms with Crippen LogP contribution < -0.4 is 15.0 Å². The molecule has 0 saturated heterocycles. The number of benzene rings is 1. The summed E-state index contributed by atoms with van der Waals surface area (Å²) in [5, 5.41) is 11.1. The van der Waals surface area contributed by atoms with Crippen LogP contribution in [-0.2, 0) is 4.84 Å². The zero-order chi connectivity index (χ0) is 16.0. The number of hydrogen-bond donors (Lipinski definition) is 1. The van der Waals surface area contributed by atoms with E-state index >= 15 is 0 Å². The van der Waals surface area contributed by atoms with Gasteiger partial charge in [0, 0.05) is 6.07 Å². The van der Waals surface area contributed by atoms with Crippen molar-refractivity contribution in [1.82, 2.24) is 5.48 Å². The highest BCUT2D eigenvalue weighted by molar-refractivity contribution is 5.98. The third kappa shape index (κ3) is 4.32. The van der Waals surface area contributed by atoms with E-state index in [1.54, 1.807) is 0 Å². The zero-order valence-corrected chi connectivity index (χ0v) is 12.3. The van der Waals surface area contributed by atoms with Gasteiger partial charge in [0.2, 0.25) is 0 Å². The van der Waals surface area contributed by atoms with Crippen molar-refractivity contribution in [2.75, 3.05) is 20.8 Å². The fraction of sp³-hybridized carbons (Fsp3) is 0.462. The first-order valence-electron chi connectivity index (χ1n) is 6.23. The number of nitro groups is 1. The standard InChI is InChI=1S/C13H18N2O6/c1-8(2)7-21-14-13(16)9-5-11(19-3)12(20-4)6-10(9)15(17)18/h5-6,8H,7H2,1-4H3,(H,14,16). The molecular weight excluding hydrogens is 280 g/mol. The molecule has 0 heterocycles. The fourth-order valence-corrected chi connectivity index (χ4v) is 1.53. The zero-order valence-electron chi connectivity index (χ0n) is 12.3. The highest BCUT2D eigenvalue weighted by Crippen LogP contribution is 2.34. The molecule has 0 fully saturated rings. The molecule has 1 rings (SSSR count). The van der Waals surface area contributed by atoms with Gasteiger partial charge in [-0.15, -0.1) is 0 Å². The molecule has 8 nitrogen and oxygen atoms in total. The minimum Gasteiger partial charge on any atom is -0.493 e. The van der Waals surface area contributed by atoms with E-state index in [4.69, 9.17) is 14.3 Å². The number of amides is 1. The number of nitrogens with zero attached hydrogens (tertiary/aromatic N) is 1. The van der Waals surface area contributed by atoms with Gasteiger partial charge in [-0.2, -0.15) is 0 Å². The Morgan fingerprint density at radius 2 is 1.86 bits per heavy atom. The lowest BCUT2D eigenvalue weighted by Gasteiger charge is -2.11. The van der Waals surface area contributed by atoms with Gasteiger partial charge in [-0.25, -0.2) is 5.48 Å². The second-order valence-corrected chi connectivity index (χ2v) is 4.62. The Bertz CT molecular complexity index is 530. The van der Waals surface area contributed by atoms with E-state index in [9.17, 15) is 14.9 Å².